The van der Waals surface area contributed by atoms with E-state index in [0.29, 0.717) is 12.2 Å². The zero-order valence-electron chi connectivity index (χ0n) is 15.8. The lowest BCUT2D eigenvalue weighted by Gasteiger charge is -2.18. The highest BCUT2D eigenvalue weighted by Gasteiger charge is 2.23. The molecule has 0 saturated heterocycles. The number of halogens is 1. The van der Waals surface area contributed by atoms with Gasteiger partial charge in [0, 0.05) is 10.9 Å². The van der Waals surface area contributed by atoms with Gasteiger partial charge in [-0.1, -0.05) is 46.3 Å². The van der Waals surface area contributed by atoms with Crippen molar-refractivity contribution in [2.45, 2.75) is 33.2 Å². The van der Waals surface area contributed by atoms with Gasteiger partial charge in [-0.25, -0.2) is 4.79 Å². The summed E-state index contributed by atoms with van der Waals surface area (Å²) in [6, 6.07) is 12.6. The number of esters is 1. The second-order valence-corrected chi connectivity index (χ2v) is 7.13. The maximum atomic E-state index is 12.4. The summed E-state index contributed by atoms with van der Waals surface area (Å²) in [5.41, 5.74) is 2.80. The van der Waals surface area contributed by atoms with E-state index < -0.39 is 12.0 Å². The summed E-state index contributed by atoms with van der Waals surface area (Å²) in [6.45, 7) is 5.66. The number of amides is 1. The Morgan fingerprint density at radius 2 is 1.74 bits per heavy atom. The van der Waals surface area contributed by atoms with E-state index in [2.05, 4.69) is 21.2 Å². The van der Waals surface area contributed by atoms with Crippen molar-refractivity contribution in [3.8, 4) is 5.75 Å². The number of aryl methyl sites for hydroxylation is 2. The molecule has 0 aliphatic heterocycles. The quantitative estimate of drug-likeness (QED) is 0.644. The van der Waals surface area contributed by atoms with Crippen LogP contribution in [-0.2, 0) is 20.7 Å². The maximum Gasteiger partial charge on any atom is 0.328 e. The highest BCUT2D eigenvalue weighted by Crippen LogP contribution is 2.27. The third-order valence-electron chi connectivity index (χ3n) is 3.96. The fourth-order valence-corrected chi connectivity index (χ4v) is 3.47. The monoisotopic (exact) mass is 433 g/mol. The van der Waals surface area contributed by atoms with E-state index >= 15 is 0 Å². The lowest BCUT2D eigenvalue weighted by atomic mass is 10.1. The van der Waals surface area contributed by atoms with Gasteiger partial charge in [-0.2, -0.15) is 0 Å². The van der Waals surface area contributed by atoms with Crippen LogP contribution < -0.4 is 10.1 Å². The third kappa shape index (κ3) is 6.40. The molecule has 27 heavy (non-hydrogen) atoms. The number of nitrogens with one attached hydrogen (secondary N) is 1. The van der Waals surface area contributed by atoms with E-state index in [1.54, 1.807) is 6.92 Å². The number of hydrogen-bond donors (Lipinski definition) is 1. The van der Waals surface area contributed by atoms with E-state index in [1.807, 2.05) is 56.3 Å². The van der Waals surface area contributed by atoms with Gasteiger partial charge in [0.2, 0.25) is 0 Å². The van der Waals surface area contributed by atoms with Crippen LogP contribution in [0.2, 0.25) is 0 Å². The van der Waals surface area contributed by atoms with Crippen molar-refractivity contribution < 1.29 is 19.1 Å². The zero-order valence-corrected chi connectivity index (χ0v) is 17.3. The van der Waals surface area contributed by atoms with Crippen LogP contribution >= 0.6 is 15.9 Å². The molecule has 2 aromatic carbocycles. The highest BCUT2D eigenvalue weighted by atomic mass is 79.9. The second kappa shape index (κ2) is 10.1. The maximum absolute atomic E-state index is 12.4. The summed E-state index contributed by atoms with van der Waals surface area (Å²) >= 11 is 3.44. The normalized spacial score (nSPS) is 11.6. The Morgan fingerprint density at radius 3 is 2.33 bits per heavy atom. The van der Waals surface area contributed by atoms with Crippen LogP contribution in [0.1, 0.15) is 23.6 Å². The number of carbonyl (C=O) groups is 2. The highest BCUT2D eigenvalue weighted by molar-refractivity contribution is 9.10. The van der Waals surface area contributed by atoms with Gasteiger partial charge in [0.05, 0.1) is 6.61 Å². The van der Waals surface area contributed by atoms with Gasteiger partial charge in [0.25, 0.3) is 5.91 Å². The van der Waals surface area contributed by atoms with Crippen molar-refractivity contribution in [3.63, 3.8) is 0 Å². The first-order valence-electron chi connectivity index (χ1n) is 8.80. The zero-order chi connectivity index (χ0) is 19.8. The molecule has 2 rings (SSSR count). The fourth-order valence-electron chi connectivity index (χ4n) is 2.78. The molecule has 1 unspecified atom stereocenters. The summed E-state index contributed by atoms with van der Waals surface area (Å²) in [5, 5.41) is 2.72. The van der Waals surface area contributed by atoms with Gasteiger partial charge in [0.1, 0.15) is 11.8 Å². The van der Waals surface area contributed by atoms with E-state index in [-0.39, 0.29) is 19.1 Å². The minimum Gasteiger partial charge on any atom is -0.483 e. The van der Waals surface area contributed by atoms with Crippen LogP contribution in [0.3, 0.4) is 0 Å². The van der Waals surface area contributed by atoms with E-state index in [0.717, 1.165) is 21.2 Å². The van der Waals surface area contributed by atoms with Gasteiger partial charge in [-0.15, -0.1) is 0 Å². The number of ether oxygens (including phenoxy) is 2. The molecule has 6 heteroatoms. The average Bonchev–Trinajstić information content (AvgIpc) is 2.61. The smallest absolute Gasteiger partial charge is 0.328 e. The summed E-state index contributed by atoms with van der Waals surface area (Å²) in [7, 11) is 0. The van der Waals surface area contributed by atoms with Crippen LogP contribution in [0.25, 0.3) is 0 Å². The molecule has 0 aliphatic rings. The van der Waals surface area contributed by atoms with E-state index in [4.69, 9.17) is 9.47 Å². The lowest BCUT2D eigenvalue weighted by molar-refractivity contribution is -0.147. The number of carbonyl (C=O) groups excluding carboxylic acids is 2. The number of hydrogen-bond acceptors (Lipinski definition) is 4. The van der Waals surface area contributed by atoms with Crippen LogP contribution in [0, 0.1) is 13.8 Å². The molecule has 0 saturated carbocycles. The summed E-state index contributed by atoms with van der Waals surface area (Å²) < 4.78 is 11.7. The lowest BCUT2D eigenvalue weighted by Crippen LogP contribution is -2.45. The van der Waals surface area contributed by atoms with Gasteiger partial charge >= 0.3 is 5.97 Å². The molecule has 144 valence electrons. The molecule has 0 radical (unpaired) electrons. The summed E-state index contributed by atoms with van der Waals surface area (Å²) in [6.07, 6.45) is 0.363. The Bertz CT molecular complexity index is 769. The predicted molar refractivity (Wildman–Crippen MR) is 108 cm³/mol. The standard InChI is InChI=1S/C21H24BrNO4/c1-4-26-21(25)18(12-16-8-6-5-7-9-16)23-19(24)13-27-20-14(2)10-17(22)11-15(20)3/h5-11,18H,4,12-13H2,1-3H3,(H,23,24). The number of benzene rings is 2. The molecule has 0 aliphatic carbocycles. The van der Waals surface area contributed by atoms with Crippen LogP contribution in [0.4, 0.5) is 0 Å². The molecule has 1 amide bonds. The van der Waals surface area contributed by atoms with Gasteiger partial charge in [-0.05, 0) is 49.6 Å². The molecular formula is C21H24BrNO4. The molecule has 0 spiro atoms. The Morgan fingerprint density at radius 1 is 1.11 bits per heavy atom. The Hall–Kier alpha value is -2.34. The van der Waals surface area contributed by atoms with E-state index in [9.17, 15) is 9.59 Å². The first-order valence-corrected chi connectivity index (χ1v) is 9.59. The van der Waals surface area contributed by atoms with Crippen molar-refractivity contribution >= 4 is 27.8 Å². The number of rotatable bonds is 8. The van der Waals surface area contributed by atoms with E-state index in [1.165, 1.54) is 0 Å². The van der Waals surface area contributed by atoms with Crippen LogP contribution in [-0.4, -0.2) is 31.1 Å². The largest absolute Gasteiger partial charge is 0.483 e. The molecule has 2 aromatic rings. The Balaban J connectivity index is 2.01. The van der Waals surface area contributed by atoms with Crippen LogP contribution in [0.5, 0.6) is 5.75 Å². The SMILES string of the molecule is CCOC(=O)C(Cc1ccccc1)NC(=O)COc1c(C)cc(Br)cc1C. The third-order valence-corrected chi connectivity index (χ3v) is 4.42. The van der Waals surface area contributed by atoms with Crippen LogP contribution in [0.15, 0.2) is 46.9 Å². The van der Waals surface area contributed by atoms with Crippen molar-refractivity contribution in [1.82, 2.24) is 5.32 Å². The van der Waals surface area contributed by atoms with Crippen molar-refractivity contribution in [1.29, 1.82) is 0 Å². The molecular weight excluding hydrogens is 410 g/mol. The second-order valence-electron chi connectivity index (χ2n) is 6.22. The van der Waals surface area contributed by atoms with Gasteiger partial charge in [-0.3, -0.25) is 4.79 Å². The molecule has 0 bridgehead atoms. The Kier molecular flexibility index (Phi) is 7.85. The van der Waals surface area contributed by atoms with Crippen molar-refractivity contribution in [2.75, 3.05) is 13.2 Å². The summed E-state index contributed by atoms with van der Waals surface area (Å²) in [5.74, 6) is -0.152. The Labute approximate surface area is 168 Å². The minimum atomic E-state index is -0.754. The molecule has 0 fully saturated rings. The minimum absolute atomic E-state index is 0.173. The molecule has 1 atom stereocenters. The van der Waals surface area contributed by atoms with Crippen molar-refractivity contribution in [3.05, 3.63) is 63.6 Å². The molecule has 5 nitrogen and oxygen atoms in total. The predicted octanol–water partition coefficient (Wildman–Crippen LogP) is 3.74. The fraction of sp³-hybridized carbons (Fsp3) is 0.333. The topological polar surface area (TPSA) is 64.6 Å². The van der Waals surface area contributed by atoms with Gasteiger partial charge in [0.15, 0.2) is 6.61 Å². The average molecular weight is 434 g/mol. The first-order chi connectivity index (χ1) is 12.9. The van der Waals surface area contributed by atoms with Gasteiger partial charge < -0.3 is 14.8 Å². The summed E-state index contributed by atoms with van der Waals surface area (Å²) in [4.78, 5) is 24.6. The molecule has 0 heterocycles. The molecule has 0 aromatic heterocycles. The molecule has 1 N–H and O–H groups in total. The van der Waals surface area contributed by atoms with Crippen molar-refractivity contribution in [2.24, 2.45) is 0 Å². The first kappa shape index (κ1) is 21.0.